The first kappa shape index (κ1) is 57.3. The van der Waals surface area contributed by atoms with Crippen LogP contribution in [0.5, 0.6) is 0 Å². The monoisotopic (exact) mass is 1020 g/mol. The number of carbonyl (C=O) groups is 2. The summed E-state index contributed by atoms with van der Waals surface area (Å²) in [7, 11) is 0. The second-order valence-electron chi connectivity index (χ2n) is 21.8. The molecule has 1 aromatic carbocycles. The van der Waals surface area contributed by atoms with E-state index in [4.69, 9.17) is 0 Å². The van der Waals surface area contributed by atoms with Crippen LogP contribution >= 0.6 is 34.0 Å². The first-order valence-corrected chi connectivity index (χ1v) is 32.0. The van der Waals surface area contributed by atoms with Crippen LogP contribution in [0, 0.1) is 25.7 Å². The number of thiophene rings is 3. The molecule has 0 N–H and O–H groups in total. The van der Waals surface area contributed by atoms with Crippen molar-refractivity contribution >= 4 is 68.3 Å². The van der Waals surface area contributed by atoms with Crippen LogP contribution in [0.25, 0.3) is 20.9 Å². The van der Waals surface area contributed by atoms with Gasteiger partial charge in [-0.25, -0.2) is 0 Å². The van der Waals surface area contributed by atoms with E-state index in [-0.39, 0.29) is 11.8 Å². The van der Waals surface area contributed by atoms with Crippen molar-refractivity contribution < 1.29 is 9.59 Å². The van der Waals surface area contributed by atoms with Crippen LogP contribution in [0.4, 0.5) is 11.4 Å². The van der Waals surface area contributed by atoms with E-state index < -0.39 is 0 Å². The van der Waals surface area contributed by atoms with Crippen molar-refractivity contribution in [3.8, 4) is 9.75 Å². The molecular formula is C64H96N2O2S3. The first-order valence-electron chi connectivity index (χ1n) is 29.6. The van der Waals surface area contributed by atoms with E-state index in [1.807, 2.05) is 11.3 Å². The summed E-state index contributed by atoms with van der Waals surface area (Å²) in [5.41, 5.74) is 3.69. The summed E-state index contributed by atoms with van der Waals surface area (Å²) in [6.45, 7) is 15.0. The number of hydrogen-bond donors (Lipinski definition) is 0. The molecule has 2 unspecified atom stereocenters. The Bertz CT molecular complexity index is 2310. The number of anilines is 2. The molecule has 0 saturated heterocycles. The van der Waals surface area contributed by atoms with E-state index in [9.17, 15) is 0 Å². The van der Waals surface area contributed by atoms with Gasteiger partial charge in [0.15, 0.2) is 0 Å². The predicted octanol–water partition coefficient (Wildman–Crippen LogP) is 19.0. The SMILES string of the molecule is CCCCCCCCCCC(CCCCCCCC)CN1C(=O)C(c2ccc(C)s2)=c2cc3c(cc21)=C(c1ccc(-c2ccc(C)s2)s1)C(=O)N3CC(CCCCCCCC)CCCCCCCCCC. The number of amides is 2. The van der Waals surface area contributed by atoms with Crippen molar-refractivity contribution in [3.63, 3.8) is 0 Å². The average Bonchev–Trinajstić information content (AvgIpc) is 4.21. The highest BCUT2D eigenvalue weighted by atomic mass is 32.1. The summed E-state index contributed by atoms with van der Waals surface area (Å²) < 4.78 is 0. The van der Waals surface area contributed by atoms with Crippen molar-refractivity contribution in [2.75, 3.05) is 22.9 Å². The van der Waals surface area contributed by atoms with Gasteiger partial charge in [0.1, 0.15) is 0 Å². The number of rotatable bonds is 39. The van der Waals surface area contributed by atoms with E-state index in [1.54, 1.807) is 22.7 Å². The van der Waals surface area contributed by atoms with Crippen molar-refractivity contribution in [2.24, 2.45) is 11.8 Å². The third-order valence-corrected chi connectivity index (χ3v) is 19.0. The molecule has 2 aliphatic heterocycles. The quantitative estimate of drug-likeness (QED) is 0.0418. The molecule has 5 heterocycles. The Labute approximate surface area is 445 Å². The van der Waals surface area contributed by atoms with Gasteiger partial charge in [-0.05, 0) is 99.9 Å². The number of benzene rings is 1. The molecule has 2 amide bonds. The number of fused-ring (bicyclic) bond motifs is 2. The molecule has 7 heteroatoms. The molecule has 2 aliphatic rings. The summed E-state index contributed by atoms with van der Waals surface area (Å²) in [6.07, 6.45) is 41.2. The number of nitrogens with zero attached hydrogens (tertiary/aromatic N) is 2. The van der Waals surface area contributed by atoms with Crippen LogP contribution in [0.1, 0.15) is 253 Å². The van der Waals surface area contributed by atoms with Crippen molar-refractivity contribution in [1.29, 1.82) is 0 Å². The van der Waals surface area contributed by atoms with Crippen LogP contribution in [0.2, 0.25) is 0 Å². The number of carbonyl (C=O) groups excluding carboxylic acids is 2. The number of unbranched alkanes of at least 4 members (excludes halogenated alkanes) is 24. The van der Waals surface area contributed by atoms with Crippen molar-refractivity contribution in [2.45, 2.75) is 247 Å². The third kappa shape index (κ3) is 17.3. The van der Waals surface area contributed by atoms with Gasteiger partial charge < -0.3 is 9.80 Å². The standard InChI is InChI=1S/C64H96N2O2S3/c1-7-11-15-19-23-25-29-33-37-51(35-31-27-21-17-13-9-3)47-65-55-46-54-56(45-53(55)61(63(65)67)59-42-40-50(6)70-59)66(64(68)62(54)60-44-43-58(71-60)57-41-39-49(5)69-57)48-52(36-32-28-22-18-14-10-4)38-34-30-26-24-20-16-12-8-2/h39-46,51-52H,7-38,47-48H2,1-6H3. The molecule has 0 spiro atoms. The Morgan fingerprint density at radius 2 is 0.648 bits per heavy atom. The minimum Gasteiger partial charge on any atom is -0.307 e. The Hall–Kier alpha value is -3.00. The molecule has 0 fully saturated rings. The van der Waals surface area contributed by atoms with Gasteiger partial charge in [0, 0.05) is 52.8 Å². The van der Waals surface area contributed by atoms with Crippen LogP contribution in [-0.4, -0.2) is 24.9 Å². The largest absolute Gasteiger partial charge is 0.307 e. The predicted molar refractivity (Wildman–Crippen MR) is 314 cm³/mol. The first-order chi connectivity index (χ1) is 34.8. The fraction of sp³-hybridized carbons (Fsp3) is 0.656. The smallest absolute Gasteiger partial charge is 0.260 e. The van der Waals surface area contributed by atoms with Gasteiger partial charge in [-0.3, -0.25) is 9.59 Å². The van der Waals surface area contributed by atoms with Gasteiger partial charge in [-0.1, -0.05) is 207 Å². The lowest BCUT2D eigenvalue weighted by Crippen LogP contribution is -2.35. The molecule has 71 heavy (non-hydrogen) atoms. The third-order valence-electron chi connectivity index (χ3n) is 15.7. The topological polar surface area (TPSA) is 40.6 Å². The second kappa shape index (κ2) is 31.7. The molecule has 3 aromatic heterocycles. The minimum atomic E-state index is 0.144. The summed E-state index contributed by atoms with van der Waals surface area (Å²) >= 11 is 5.32. The molecule has 4 nitrogen and oxygen atoms in total. The summed E-state index contributed by atoms with van der Waals surface area (Å²) in [5.74, 6) is 1.19. The lowest BCUT2D eigenvalue weighted by molar-refractivity contribution is -0.114. The summed E-state index contributed by atoms with van der Waals surface area (Å²) in [6, 6.07) is 17.8. The molecule has 0 aliphatic carbocycles. The molecule has 0 radical (unpaired) electrons. The van der Waals surface area contributed by atoms with E-state index in [0.717, 1.165) is 55.8 Å². The Kier molecular flexibility index (Phi) is 25.5. The van der Waals surface area contributed by atoms with Crippen LogP contribution in [0.15, 0.2) is 48.5 Å². The molecule has 392 valence electrons. The van der Waals surface area contributed by atoms with Crippen LogP contribution in [-0.2, 0) is 9.59 Å². The van der Waals surface area contributed by atoms with Gasteiger partial charge in [0.05, 0.1) is 22.5 Å². The maximum absolute atomic E-state index is 15.5. The highest BCUT2D eigenvalue weighted by molar-refractivity contribution is 7.22. The molecular weight excluding hydrogens is 925 g/mol. The molecule has 0 bridgehead atoms. The second-order valence-corrected chi connectivity index (χ2v) is 25.5. The van der Waals surface area contributed by atoms with Gasteiger partial charge in [0.2, 0.25) is 0 Å². The van der Waals surface area contributed by atoms with E-state index in [1.165, 1.54) is 225 Å². The zero-order valence-corrected chi connectivity index (χ0v) is 48.2. The van der Waals surface area contributed by atoms with Crippen molar-refractivity contribution in [3.05, 3.63) is 78.5 Å². The van der Waals surface area contributed by atoms with E-state index >= 15 is 9.59 Å². The van der Waals surface area contributed by atoms with Gasteiger partial charge in [-0.15, -0.1) is 34.0 Å². The zero-order chi connectivity index (χ0) is 50.2. The molecule has 0 saturated carbocycles. The Morgan fingerprint density at radius 3 is 0.986 bits per heavy atom. The lowest BCUT2D eigenvalue weighted by atomic mass is 9.93. The average molecular weight is 1020 g/mol. The maximum Gasteiger partial charge on any atom is 0.260 e. The maximum atomic E-state index is 15.5. The van der Waals surface area contributed by atoms with Gasteiger partial charge in [0.25, 0.3) is 11.8 Å². The number of aryl methyl sites for hydroxylation is 2. The Balaban J connectivity index is 1.36. The van der Waals surface area contributed by atoms with Crippen molar-refractivity contribution in [1.82, 2.24) is 0 Å². The van der Waals surface area contributed by atoms with Gasteiger partial charge in [-0.2, -0.15) is 0 Å². The molecule has 2 atom stereocenters. The summed E-state index contributed by atoms with van der Waals surface area (Å²) in [5, 5.41) is 2.04. The van der Waals surface area contributed by atoms with Gasteiger partial charge >= 0.3 is 0 Å². The highest BCUT2D eigenvalue weighted by Gasteiger charge is 2.38. The van der Waals surface area contributed by atoms with Crippen LogP contribution in [0.3, 0.4) is 0 Å². The van der Waals surface area contributed by atoms with E-state index in [0.29, 0.717) is 11.8 Å². The summed E-state index contributed by atoms with van der Waals surface area (Å²) in [4.78, 5) is 42.2. The normalized spacial score (nSPS) is 14.4. The highest BCUT2D eigenvalue weighted by Crippen LogP contribution is 2.40. The van der Waals surface area contributed by atoms with E-state index in [2.05, 4.69) is 99.9 Å². The fourth-order valence-electron chi connectivity index (χ4n) is 11.5. The molecule has 6 rings (SSSR count). The zero-order valence-electron chi connectivity index (χ0n) is 45.8. The Morgan fingerprint density at radius 1 is 0.366 bits per heavy atom. The lowest BCUT2D eigenvalue weighted by Gasteiger charge is -2.27. The number of hydrogen-bond acceptors (Lipinski definition) is 5. The minimum absolute atomic E-state index is 0.144. The van der Waals surface area contributed by atoms with Crippen LogP contribution < -0.4 is 20.2 Å². The molecule has 4 aromatic rings. The fourth-order valence-corrected chi connectivity index (χ4v) is 14.4.